The van der Waals surface area contributed by atoms with Gasteiger partial charge in [0.25, 0.3) is 5.56 Å². The average Bonchev–Trinajstić information content (AvgIpc) is 2.95. The summed E-state index contributed by atoms with van der Waals surface area (Å²) in [5, 5.41) is 20.2. The van der Waals surface area contributed by atoms with E-state index in [2.05, 4.69) is 27.6 Å². The average molecular weight is 310 g/mol. The minimum Gasteiger partial charge on any atom is -0.389 e. The summed E-state index contributed by atoms with van der Waals surface area (Å²) in [6.07, 6.45) is 2.26. The minimum absolute atomic E-state index is 0.215. The van der Waals surface area contributed by atoms with Crippen LogP contribution >= 0.6 is 12.6 Å². The molecule has 3 rings (SSSR count). The Kier molecular flexibility index (Phi) is 3.56. The summed E-state index contributed by atoms with van der Waals surface area (Å²) in [4.78, 5) is 23.2. The van der Waals surface area contributed by atoms with E-state index in [1.165, 1.54) is 6.33 Å². The molecule has 0 spiro atoms. The molecule has 3 heterocycles. The third-order valence-electron chi connectivity index (χ3n) is 4.15. The lowest BCUT2D eigenvalue weighted by Gasteiger charge is -2.29. The molecule has 0 radical (unpaired) electrons. The van der Waals surface area contributed by atoms with E-state index in [0.29, 0.717) is 30.7 Å². The predicted octanol–water partition coefficient (Wildman–Crippen LogP) is -0.523. The van der Waals surface area contributed by atoms with Crippen LogP contribution in [0.1, 0.15) is 12.5 Å². The Hall–Kier alpha value is -1.35. The maximum Gasteiger partial charge on any atom is 0.275 e. The van der Waals surface area contributed by atoms with E-state index in [1.54, 1.807) is 13.1 Å². The number of thiol groups is 1. The summed E-state index contributed by atoms with van der Waals surface area (Å²) >= 11 is 4.26. The molecule has 1 fully saturated rings. The molecule has 114 valence electrons. The number of β-amino-alcohol motifs (C(OH)–C–C–N with tert-alkyl or cyclic N) is 2. The number of fused-ring (bicyclic) bond motifs is 1. The molecule has 1 aliphatic rings. The van der Waals surface area contributed by atoms with Gasteiger partial charge in [-0.3, -0.25) is 9.69 Å². The molecule has 3 atom stereocenters. The quantitative estimate of drug-likeness (QED) is 0.491. The van der Waals surface area contributed by atoms with E-state index in [-0.39, 0.29) is 10.8 Å². The molecule has 0 bridgehead atoms. The molecule has 1 unspecified atom stereocenters. The highest BCUT2D eigenvalue weighted by Crippen LogP contribution is 2.29. The molecule has 1 aliphatic heterocycles. The van der Waals surface area contributed by atoms with Crippen LogP contribution < -0.4 is 5.56 Å². The number of aromatic amines is 2. The van der Waals surface area contributed by atoms with Gasteiger partial charge in [-0.1, -0.05) is 6.92 Å². The first-order chi connectivity index (χ1) is 9.91. The first kappa shape index (κ1) is 14.6. The molecular formula is C13H18N4O3S. The van der Waals surface area contributed by atoms with Crippen molar-refractivity contribution in [1.82, 2.24) is 19.9 Å². The van der Waals surface area contributed by atoms with E-state index < -0.39 is 11.7 Å². The molecule has 21 heavy (non-hydrogen) atoms. The van der Waals surface area contributed by atoms with Crippen LogP contribution in [0.3, 0.4) is 0 Å². The zero-order valence-electron chi connectivity index (χ0n) is 11.6. The van der Waals surface area contributed by atoms with Crippen LogP contribution in [-0.4, -0.2) is 60.1 Å². The lowest BCUT2D eigenvalue weighted by Crippen LogP contribution is -2.48. The second kappa shape index (κ2) is 5.13. The van der Waals surface area contributed by atoms with Crippen LogP contribution in [0.25, 0.3) is 11.0 Å². The predicted molar refractivity (Wildman–Crippen MR) is 81.4 cm³/mol. The molecule has 4 N–H and O–H groups in total. The fourth-order valence-corrected chi connectivity index (χ4v) is 3.08. The number of hydrogen-bond acceptors (Lipinski definition) is 6. The number of hydrogen-bond donors (Lipinski definition) is 5. The number of aliphatic hydroxyl groups excluding tert-OH is 1. The van der Waals surface area contributed by atoms with Gasteiger partial charge in [0.05, 0.1) is 17.9 Å². The number of H-pyrrole nitrogens is 2. The maximum absolute atomic E-state index is 11.6. The smallest absolute Gasteiger partial charge is 0.275 e. The third kappa shape index (κ3) is 2.38. The second-order valence-electron chi connectivity index (χ2n) is 5.62. The summed E-state index contributed by atoms with van der Waals surface area (Å²) in [5.41, 5.74) is 0.473. The van der Waals surface area contributed by atoms with Crippen LogP contribution in [0.4, 0.5) is 0 Å². The van der Waals surface area contributed by atoms with E-state index >= 15 is 0 Å². The first-order valence-electron chi connectivity index (χ1n) is 6.76. The molecule has 7 nitrogen and oxygen atoms in total. The fourth-order valence-electron chi connectivity index (χ4n) is 2.83. The van der Waals surface area contributed by atoms with Crippen molar-refractivity contribution >= 4 is 23.7 Å². The minimum atomic E-state index is -1.22. The van der Waals surface area contributed by atoms with Gasteiger partial charge >= 0.3 is 0 Å². The van der Waals surface area contributed by atoms with E-state index in [9.17, 15) is 15.0 Å². The van der Waals surface area contributed by atoms with Gasteiger partial charge in [-0.25, -0.2) is 4.98 Å². The molecule has 1 saturated heterocycles. The Morgan fingerprint density at radius 1 is 1.62 bits per heavy atom. The largest absolute Gasteiger partial charge is 0.389 e. The number of nitrogens with one attached hydrogen (secondary N) is 2. The second-order valence-corrected chi connectivity index (χ2v) is 6.40. The number of rotatable bonds is 3. The molecule has 0 saturated carbocycles. The van der Waals surface area contributed by atoms with Gasteiger partial charge in [0, 0.05) is 36.6 Å². The van der Waals surface area contributed by atoms with Crippen molar-refractivity contribution in [2.75, 3.05) is 13.1 Å². The number of aromatic nitrogens is 3. The Bertz CT molecular complexity index is 713. The van der Waals surface area contributed by atoms with Gasteiger partial charge in [0.1, 0.15) is 11.1 Å². The molecule has 0 aromatic carbocycles. The number of nitrogens with zero attached hydrogens (tertiary/aromatic N) is 2. The summed E-state index contributed by atoms with van der Waals surface area (Å²) in [7, 11) is 0. The molecule has 8 heteroatoms. The van der Waals surface area contributed by atoms with Crippen LogP contribution in [0.2, 0.25) is 0 Å². The van der Waals surface area contributed by atoms with Crippen molar-refractivity contribution in [3.8, 4) is 0 Å². The SMILES string of the molecule is CC(S)[C@]1(O)CN(Cc2c[nH]c3c(=O)[nH]cnc23)C[C@H]1O. The Balaban J connectivity index is 1.84. The summed E-state index contributed by atoms with van der Waals surface area (Å²) in [6.45, 7) is 2.95. The van der Waals surface area contributed by atoms with Crippen LogP contribution in [0.5, 0.6) is 0 Å². The zero-order valence-corrected chi connectivity index (χ0v) is 12.5. The maximum atomic E-state index is 11.6. The van der Waals surface area contributed by atoms with E-state index in [0.717, 1.165) is 5.56 Å². The highest BCUT2D eigenvalue weighted by molar-refractivity contribution is 7.81. The molecular weight excluding hydrogens is 292 g/mol. The van der Waals surface area contributed by atoms with Crippen molar-refractivity contribution in [3.05, 3.63) is 28.4 Å². The Morgan fingerprint density at radius 2 is 2.38 bits per heavy atom. The van der Waals surface area contributed by atoms with E-state index in [4.69, 9.17) is 0 Å². The molecule has 2 aromatic rings. The topological polar surface area (TPSA) is 105 Å². The number of aliphatic hydroxyl groups is 2. The summed E-state index contributed by atoms with van der Waals surface area (Å²) in [5.74, 6) is 0. The molecule has 0 amide bonds. The van der Waals surface area contributed by atoms with Crippen molar-refractivity contribution in [3.63, 3.8) is 0 Å². The van der Waals surface area contributed by atoms with Crippen LogP contribution in [-0.2, 0) is 6.54 Å². The van der Waals surface area contributed by atoms with Crippen molar-refractivity contribution in [2.24, 2.45) is 0 Å². The molecule has 0 aliphatic carbocycles. The Labute approximate surface area is 126 Å². The van der Waals surface area contributed by atoms with Crippen molar-refractivity contribution < 1.29 is 10.2 Å². The van der Waals surface area contributed by atoms with Crippen molar-refractivity contribution in [1.29, 1.82) is 0 Å². The standard InChI is InChI=1S/C13H18N4O3S/c1-7(21)13(20)5-17(4-9(13)18)3-8-2-14-11-10(8)15-6-16-12(11)19/h2,6-7,9,14,18,20-21H,3-5H2,1H3,(H,15,16,19)/t7?,9-,13-/m1/s1. The van der Waals surface area contributed by atoms with Gasteiger partial charge in [-0.2, -0.15) is 12.6 Å². The summed E-state index contributed by atoms with van der Waals surface area (Å²) in [6, 6.07) is 0. The van der Waals surface area contributed by atoms with Crippen molar-refractivity contribution in [2.45, 2.75) is 30.4 Å². The van der Waals surface area contributed by atoms with Gasteiger partial charge in [-0.15, -0.1) is 0 Å². The lowest BCUT2D eigenvalue weighted by atomic mass is 9.97. The highest BCUT2D eigenvalue weighted by Gasteiger charge is 2.47. The van der Waals surface area contributed by atoms with E-state index in [1.807, 2.05) is 4.90 Å². The van der Waals surface area contributed by atoms with Gasteiger partial charge in [0.2, 0.25) is 0 Å². The highest BCUT2D eigenvalue weighted by atomic mass is 32.1. The summed E-state index contributed by atoms with van der Waals surface area (Å²) < 4.78 is 0. The Morgan fingerprint density at radius 3 is 3.05 bits per heavy atom. The zero-order chi connectivity index (χ0) is 15.2. The fraction of sp³-hybridized carbons (Fsp3) is 0.538. The molecule has 2 aromatic heterocycles. The van der Waals surface area contributed by atoms with Crippen LogP contribution in [0, 0.1) is 0 Å². The van der Waals surface area contributed by atoms with Gasteiger partial charge < -0.3 is 20.2 Å². The van der Waals surface area contributed by atoms with Gasteiger partial charge in [-0.05, 0) is 0 Å². The lowest BCUT2D eigenvalue weighted by molar-refractivity contribution is -0.0380. The normalized spacial score (nSPS) is 28.3. The first-order valence-corrected chi connectivity index (χ1v) is 7.28. The van der Waals surface area contributed by atoms with Gasteiger partial charge in [0.15, 0.2) is 0 Å². The monoisotopic (exact) mass is 310 g/mol. The van der Waals surface area contributed by atoms with Crippen LogP contribution in [0.15, 0.2) is 17.3 Å². The third-order valence-corrected chi connectivity index (χ3v) is 4.60. The number of likely N-dealkylation sites (tertiary alicyclic amines) is 1.